The lowest BCUT2D eigenvalue weighted by Crippen LogP contribution is -2.43. The van der Waals surface area contributed by atoms with Gasteiger partial charge in [-0.15, -0.1) is 6.58 Å². The number of nitrogens with one attached hydrogen (secondary N) is 1. The molecule has 0 bridgehead atoms. The van der Waals surface area contributed by atoms with Crippen molar-refractivity contribution in [2.24, 2.45) is 11.8 Å². The van der Waals surface area contributed by atoms with Crippen LogP contribution in [0.4, 0.5) is 0 Å². The van der Waals surface area contributed by atoms with Crippen LogP contribution in [-0.2, 0) is 16.0 Å². The Kier molecular flexibility index (Phi) is 3.93. The molecule has 4 heteroatoms. The first kappa shape index (κ1) is 15.5. The number of carbonyl (C=O) groups is 1. The van der Waals surface area contributed by atoms with Gasteiger partial charge in [0.2, 0.25) is 0 Å². The molecular formula is C20H24N2O2. The van der Waals surface area contributed by atoms with Crippen LogP contribution in [0.5, 0.6) is 0 Å². The molecule has 0 spiro atoms. The molecule has 0 amide bonds. The minimum absolute atomic E-state index is 0.156. The maximum Gasteiger partial charge on any atom is 0.312 e. The van der Waals surface area contributed by atoms with Crippen molar-refractivity contribution in [1.29, 1.82) is 0 Å². The average molecular weight is 324 g/mol. The number of esters is 1. The van der Waals surface area contributed by atoms with Crippen LogP contribution in [0.25, 0.3) is 10.9 Å². The van der Waals surface area contributed by atoms with E-state index in [4.69, 9.17) is 4.74 Å². The Balaban J connectivity index is 1.67. The third kappa shape index (κ3) is 2.37. The number of hydrogen-bond acceptors (Lipinski definition) is 3. The molecule has 2 aliphatic rings. The van der Waals surface area contributed by atoms with Gasteiger partial charge in [0, 0.05) is 23.1 Å². The van der Waals surface area contributed by atoms with Gasteiger partial charge < -0.3 is 9.72 Å². The number of benzene rings is 1. The normalized spacial score (nSPS) is 24.9. The minimum Gasteiger partial charge on any atom is -0.469 e. The van der Waals surface area contributed by atoms with E-state index in [1.165, 1.54) is 29.3 Å². The molecule has 1 aromatic heterocycles. The molecule has 2 aromatic rings. The Morgan fingerprint density at radius 3 is 3.04 bits per heavy atom. The van der Waals surface area contributed by atoms with E-state index >= 15 is 0 Å². The third-order valence-electron chi connectivity index (χ3n) is 5.82. The summed E-state index contributed by atoms with van der Waals surface area (Å²) in [6.45, 7) is 6.00. The van der Waals surface area contributed by atoms with Crippen LogP contribution in [0.2, 0.25) is 0 Å². The van der Waals surface area contributed by atoms with Crippen LogP contribution in [0.3, 0.4) is 0 Å². The first-order valence-electron chi connectivity index (χ1n) is 8.77. The number of rotatable bonds is 3. The number of para-hydroxylation sites is 1. The monoisotopic (exact) mass is 324 g/mol. The maximum absolute atomic E-state index is 12.1. The number of methoxy groups -OCH3 is 1. The summed E-state index contributed by atoms with van der Waals surface area (Å²) >= 11 is 0. The zero-order valence-corrected chi connectivity index (χ0v) is 14.1. The predicted octanol–water partition coefficient (Wildman–Crippen LogP) is 3.45. The number of aromatic nitrogens is 1. The third-order valence-corrected chi connectivity index (χ3v) is 5.82. The quantitative estimate of drug-likeness (QED) is 0.695. The van der Waals surface area contributed by atoms with Crippen LogP contribution in [0, 0.1) is 11.8 Å². The summed E-state index contributed by atoms with van der Waals surface area (Å²) in [5.74, 6) is -0.0587. The molecule has 2 aliphatic heterocycles. The van der Waals surface area contributed by atoms with E-state index in [1.807, 2.05) is 0 Å². The van der Waals surface area contributed by atoms with E-state index in [1.54, 1.807) is 6.08 Å². The molecule has 0 saturated carbocycles. The fraction of sp³-hybridized carbons (Fsp3) is 0.450. The molecule has 4 nitrogen and oxygen atoms in total. The number of piperidine rings is 1. The fourth-order valence-electron chi connectivity index (χ4n) is 4.58. The molecule has 0 radical (unpaired) electrons. The van der Waals surface area contributed by atoms with E-state index < -0.39 is 0 Å². The second-order valence-corrected chi connectivity index (χ2v) is 6.93. The Bertz CT molecular complexity index is 779. The highest BCUT2D eigenvalue weighted by Crippen LogP contribution is 2.43. The minimum atomic E-state index is -0.202. The smallest absolute Gasteiger partial charge is 0.312 e. The summed E-state index contributed by atoms with van der Waals surface area (Å²) < 4.78 is 4.98. The lowest BCUT2D eigenvalue weighted by Gasteiger charge is -2.43. The van der Waals surface area contributed by atoms with E-state index in [2.05, 4.69) is 40.7 Å². The van der Waals surface area contributed by atoms with Gasteiger partial charge in [-0.3, -0.25) is 9.69 Å². The first-order valence-corrected chi connectivity index (χ1v) is 8.77. The fourth-order valence-corrected chi connectivity index (χ4v) is 4.58. The zero-order valence-electron chi connectivity index (χ0n) is 14.1. The number of aromatic amines is 1. The highest BCUT2D eigenvalue weighted by molar-refractivity contribution is 5.85. The van der Waals surface area contributed by atoms with Crippen molar-refractivity contribution < 1.29 is 9.53 Å². The Hall–Kier alpha value is -2.07. The Morgan fingerprint density at radius 2 is 2.25 bits per heavy atom. The van der Waals surface area contributed by atoms with E-state index in [0.29, 0.717) is 12.0 Å². The maximum atomic E-state index is 12.1. The topological polar surface area (TPSA) is 45.3 Å². The molecule has 1 fully saturated rings. The van der Waals surface area contributed by atoms with Gasteiger partial charge in [-0.25, -0.2) is 0 Å². The molecule has 4 rings (SSSR count). The van der Waals surface area contributed by atoms with E-state index in [9.17, 15) is 4.79 Å². The molecule has 1 saturated heterocycles. The standard InChI is InChI=1S/C20H24N2O2/c1-3-14(20(23)24-2)13-8-10-22-11-9-16-15-6-4-5-7-17(15)21-19(16)18(22)12-13/h3-7,13-14,18,21H,1,8-12H2,2H3. The summed E-state index contributed by atoms with van der Waals surface area (Å²) in [7, 11) is 1.46. The van der Waals surface area contributed by atoms with E-state index in [0.717, 1.165) is 32.4 Å². The van der Waals surface area contributed by atoms with Crippen LogP contribution >= 0.6 is 0 Å². The molecule has 3 unspecified atom stereocenters. The van der Waals surface area contributed by atoms with Crippen LogP contribution in [0.1, 0.15) is 30.1 Å². The summed E-state index contributed by atoms with van der Waals surface area (Å²) in [4.78, 5) is 18.3. The SMILES string of the molecule is C=CC(C(=O)OC)C1CCN2CCc3c([nH]c4ccccc34)C2C1. The predicted molar refractivity (Wildman–Crippen MR) is 94.7 cm³/mol. The Labute approximate surface area is 142 Å². The number of H-pyrrole nitrogens is 1. The number of ether oxygens (including phenoxy) is 1. The summed E-state index contributed by atoms with van der Waals surface area (Å²) in [6.07, 6.45) is 4.87. The van der Waals surface area contributed by atoms with Gasteiger partial charge >= 0.3 is 5.97 Å². The van der Waals surface area contributed by atoms with Gasteiger partial charge in [0.15, 0.2) is 0 Å². The highest BCUT2D eigenvalue weighted by atomic mass is 16.5. The van der Waals surface area contributed by atoms with Crippen LogP contribution in [0.15, 0.2) is 36.9 Å². The van der Waals surface area contributed by atoms with Crippen molar-refractivity contribution in [3.05, 3.63) is 48.2 Å². The largest absolute Gasteiger partial charge is 0.469 e. The summed E-state index contributed by atoms with van der Waals surface area (Å²) in [6, 6.07) is 8.92. The lowest BCUT2D eigenvalue weighted by molar-refractivity contribution is -0.146. The van der Waals surface area contributed by atoms with Gasteiger partial charge in [0.05, 0.1) is 19.1 Å². The number of carbonyl (C=O) groups excluding carboxylic acids is 1. The molecule has 0 aliphatic carbocycles. The van der Waals surface area contributed by atoms with Crippen molar-refractivity contribution in [3.63, 3.8) is 0 Å². The molecule has 3 atom stereocenters. The van der Waals surface area contributed by atoms with Crippen molar-refractivity contribution in [1.82, 2.24) is 9.88 Å². The summed E-state index contributed by atoms with van der Waals surface area (Å²) in [5.41, 5.74) is 4.03. The zero-order chi connectivity index (χ0) is 16.7. The molecule has 1 N–H and O–H groups in total. The van der Waals surface area contributed by atoms with Crippen molar-refractivity contribution >= 4 is 16.9 Å². The Morgan fingerprint density at radius 1 is 1.42 bits per heavy atom. The molecule has 3 heterocycles. The average Bonchev–Trinajstić information content (AvgIpc) is 3.01. The van der Waals surface area contributed by atoms with Gasteiger partial charge in [-0.2, -0.15) is 0 Å². The van der Waals surface area contributed by atoms with Gasteiger partial charge in [0.1, 0.15) is 0 Å². The van der Waals surface area contributed by atoms with Crippen molar-refractivity contribution in [2.45, 2.75) is 25.3 Å². The molecule has 24 heavy (non-hydrogen) atoms. The van der Waals surface area contributed by atoms with Crippen molar-refractivity contribution in [3.8, 4) is 0 Å². The lowest BCUT2D eigenvalue weighted by atomic mass is 9.78. The number of fused-ring (bicyclic) bond motifs is 5. The molecule has 1 aromatic carbocycles. The molecular weight excluding hydrogens is 300 g/mol. The second kappa shape index (κ2) is 6.10. The number of nitrogens with zero attached hydrogens (tertiary/aromatic N) is 1. The molecule has 126 valence electrons. The van der Waals surface area contributed by atoms with Crippen molar-refractivity contribution in [2.75, 3.05) is 20.2 Å². The van der Waals surface area contributed by atoms with Gasteiger partial charge in [-0.05, 0) is 43.4 Å². The van der Waals surface area contributed by atoms with E-state index in [-0.39, 0.29) is 11.9 Å². The van der Waals surface area contributed by atoms with Crippen LogP contribution in [-0.4, -0.2) is 36.1 Å². The van der Waals surface area contributed by atoms with Crippen LogP contribution < -0.4 is 0 Å². The van der Waals surface area contributed by atoms with Gasteiger partial charge in [-0.1, -0.05) is 24.3 Å². The summed E-state index contributed by atoms with van der Waals surface area (Å²) in [5, 5.41) is 1.35. The highest BCUT2D eigenvalue weighted by Gasteiger charge is 2.39. The number of hydrogen-bond donors (Lipinski definition) is 1. The first-order chi connectivity index (χ1) is 11.7. The van der Waals surface area contributed by atoms with Gasteiger partial charge in [0.25, 0.3) is 0 Å². The second-order valence-electron chi connectivity index (χ2n) is 6.93.